The number of carbonyl (C=O) groups is 2. The van der Waals surface area contributed by atoms with Gasteiger partial charge < -0.3 is 15.2 Å². The Kier molecular flexibility index (Phi) is 5.41. The molecular formula is C16H26N4O3. The SMILES string of the molecule is Cc1noc(C)c1CCC(=O)N1CCN(C(C)C)[C@@H](C(N)=O)C1. The number of piperazine rings is 1. The Labute approximate surface area is 136 Å². The highest BCUT2D eigenvalue weighted by atomic mass is 16.5. The van der Waals surface area contributed by atoms with Crippen LogP contribution in [0.15, 0.2) is 4.52 Å². The minimum atomic E-state index is -0.410. The van der Waals surface area contributed by atoms with Crippen LogP contribution in [0.1, 0.15) is 37.3 Å². The first-order valence-electron chi connectivity index (χ1n) is 8.05. The highest BCUT2D eigenvalue weighted by Crippen LogP contribution is 2.17. The molecule has 1 fully saturated rings. The van der Waals surface area contributed by atoms with Crippen LogP contribution in [0.4, 0.5) is 0 Å². The number of nitrogens with zero attached hydrogens (tertiary/aromatic N) is 3. The molecule has 0 aromatic carbocycles. The lowest BCUT2D eigenvalue weighted by molar-refractivity contribution is -0.138. The third-order valence-electron chi connectivity index (χ3n) is 4.54. The molecule has 2 heterocycles. The molecule has 0 radical (unpaired) electrons. The topological polar surface area (TPSA) is 92.7 Å². The monoisotopic (exact) mass is 322 g/mol. The molecule has 0 saturated carbocycles. The van der Waals surface area contributed by atoms with Crippen molar-refractivity contribution in [3.8, 4) is 0 Å². The van der Waals surface area contributed by atoms with E-state index in [0.717, 1.165) is 17.0 Å². The van der Waals surface area contributed by atoms with Crippen molar-refractivity contribution in [3.05, 3.63) is 17.0 Å². The van der Waals surface area contributed by atoms with Crippen LogP contribution in [0.25, 0.3) is 0 Å². The molecule has 1 aromatic heterocycles. The van der Waals surface area contributed by atoms with E-state index < -0.39 is 6.04 Å². The summed E-state index contributed by atoms with van der Waals surface area (Å²) in [6.07, 6.45) is 0.988. The summed E-state index contributed by atoms with van der Waals surface area (Å²) < 4.78 is 5.12. The third-order valence-corrected chi connectivity index (χ3v) is 4.54. The number of primary amides is 1. The van der Waals surface area contributed by atoms with Crippen LogP contribution in [-0.2, 0) is 16.0 Å². The fourth-order valence-corrected chi connectivity index (χ4v) is 3.14. The summed E-state index contributed by atoms with van der Waals surface area (Å²) in [5.41, 5.74) is 7.33. The van der Waals surface area contributed by atoms with Crippen molar-refractivity contribution in [1.29, 1.82) is 0 Å². The number of rotatable bonds is 5. The first kappa shape index (κ1) is 17.5. The van der Waals surface area contributed by atoms with Gasteiger partial charge in [-0.25, -0.2) is 0 Å². The Bertz CT molecular complexity index is 562. The molecule has 1 atom stereocenters. The molecule has 128 valence electrons. The Morgan fingerprint density at radius 1 is 1.35 bits per heavy atom. The Balaban J connectivity index is 1.96. The van der Waals surface area contributed by atoms with Crippen molar-refractivity contribution < 1.29 is 14.1 Å². The minimum Gasteiger partial charge on any atom is -0.368 e. The average molecular weight is 322 g/mol. The van der Waals surface area contributed by atoms with Gasteiger partial charge >= 0.3 is 0 Å². The number of hydrogen-bond donors (Lipinski definition) is 1. The van der Waals surface area contributed by atoms with Crippen LogP contribution < -0.4 is 5.73 Å². The molecule has 0 unspecified atom stereocenters. The molecule has 1 aromatic rings. The van der Waals surface area contributed by atoms with E-state index in [1.54, 1.807) is 4.90 Å². The smallest absolute Gasteiger partial charge is 0.236 e. The van der Waals surface area contributed by atoms with Gasteiger partial charge in [0.1, 0.15) is 11.8 Å². The van der Waals surface area contributed by atoms with E-state index in [1.807, 2.05) is 27.7 Å². The first-order valence-corrected chi connectivity index (χ1v) is 8.05. The summed E-state index contributed by atoms with van der Waals surface area (Å²) in [6.45, 7) is 9.46. The molecule has 1 saturated heterocycles. The van der Waals surface area contributed by atoms with Crippen LogP contribution in [0, 0.1) is 13.8 Å². The average Bonchev–Trinajstić information content (AvgIpc) is 2.82. The predicted octanol–water partition coefficient (Wildman–Crippen LogP) is 0.631. The molecule has 2 rings (SSSR count). The summed E-state index contributed by atoms with van der Waals surface area (Å²) in [5.74, 6) is 0.427. The Morgan fingerprint density at radius 2 is 2.04 bits per heavy atom. The van der Waals surface area contributed by atoms with Crippen molar-refractivity contribution in [2.45, 2.75) is 52.6 Å². The van der Waals surface area contributed by atoms with Gasteiger partial charge in [-0.15, -0.1) is 0 Å². The van der Waals surface area contributed by atoms with Gasteiger partial charge in [0.05, 0.1) is 5.69 Å². The molecule has 2 N–H and O–H groups in total. The van der Waals surface area contributed by atoms with E-state index in [-0.39, 0.29) is 17.9 Å². The molecular weight excluding hydrogens is 296 g/mol. The van der Waals surface area contributed by atoms with Crippen LogP contribution in [0.2, 0.25) is 0 Å². The van der Waals surface area contributed by atoms with E-state index >= 15 is 0 Å². The van der Waals surface area contributed by atoms with E-state index in [2.05, 4.69) is 10.1 Å². The number of carbonyl (C=O) groups excluding carboxylic acids is 2. The number of hydrogen-bond acceptors (Lipinski definition) is 5. The van der Waals surface area contributed by atoms with Crippen molar-refractivity contribution in [1.82, 2.24) is 15.0 Å². The standard InChI is InChI=1S/C16H26N4O3/c1-10(2)20-8-7-19(9-14(20)16(17)22)15(21)6-5-13-11(3)18-23-12(13)4/h10,14H,5-9H2,1-4H3,(H2,17,22)/t14-/m1/s1. The molecule has 7 nitrogen and oxygen atoms in total. The number of aromatic nitrogens is 1. The fourth-order valence-electron chi connectivity index (χ4n) is 3.14. The minimum absolute atomic E-state index is 0.0413. The molecule has 23 heavy (non-hydrogen) atoms. The van der Waals surface area contributed by atoms with Crippen molar-refractivity contribution in [2.75, 3.05) is 19.6 Å². The number of nitrogens with two attached hydrogens (primary N) is 1. The van der Waals surface area contributed by atoms with Crippen LogP contribution in [0.3, 0.4) is 0 Å². The van der Waals surface area contributed by atoms with Crippen LogP contribution in [-0.4, -0.2) is 58.5 Å². The van der Waals surface area contributed by atoms with Gasteiger partial charge in [-0.1, -0.05) is 5.16 Å². The highest BCUT2D eigenvalue weighted by molar-refractivity contribution is 5.82. The van der Waals surface area contributed by atoms with Gasteiger partial charge in [-0.2, -0.15) is 0 Å². The summed E-state index contributed by atoms with van der Waals surface area (Å²) in [4.78, 5) is 28.0. The third kappa shape index (κ3) is 3.90. The van der Waals surface area contributed by atoms with Crippen molar-refractivity contribution in [3.63, 3.8) is 0 Å². The lowest BCUT2D eigenvalue weighted by atomic mass is 10.1. The van der Waals surface area contributed by atoms with E-state index in [1.165, 1.54) is 0 Å². The maximum absolute atomic E-state index is 12.5. The maximum Gasteiger partial charge on any atom is 0.236 e. The van der Waals surface area contributed by atoms with E-state index in [9.17, 15) is 9.59 Å². The Morgan fingerprint density at radius 3 is 2.57 bits per heavy atom. The molecule has 1 aliphatic rings. The summed E-state index contributed by atoms with van der Waals surface area (Å²) in [7, 11) is 0. The second-order valence-corrected chi connectivity index (χ2v) is 6.39. The number of aryl methyl sites for hydroxylation is 2. The van der Waals surface area contributed by atoms with E-state index in [4.69, 9.17) is 10.3 Å². The molecule has 1 aliphatic heterocycles. The second kappa shape index (κ2) is 7.12. The van der Waals surface area contributed by atoms with Crippen LogP contribution in [0.5, 0.6) is 0 Å². The van der Waals surface area contributed by atoms with E-state index in [0.29, 0.717) is 32.5 Å². The zero-order valence-electron chi connectivity index (χ0n) is 14.3. The summed E-state index contributed by atoms with van der Waals surface area (Å²) in [6, 6.07) is -0.182. The molecule has 0 aliphatic carbocycles. The lowest BCUT2D eigenvalue weighted by Crippen LogP contribution is -2.61. The predicted molar refractivity (Wildman–Crippen MR) is 85.7 cm³/mol. The zero-order valence-corrected chi connectivity index (χ0v) is 14.3. The molecule has 0 spiro atoms. The largest absolute Gasteiger partial charge is 0.368 e. The lowest BCUT2D eigenvalue weighted by Gasteiger charge is -2.42. The fraction of sp³-hybridized carbons (Fsp3) is 0.688. The summed E-state index contributed by atoms with van der Waals surface area (Å²) >= 11 is 0. The second-order valence-electron chi connectivity index (χ2n) is 6.39. The molecule has 7 heteroatoms. The van der Waals surface area contributed by atoms with Gasteiger partial charge in [-0.05, 0) is 34.1 Å². The van der Waals surface area contributed by atoms with Gasteiger partial charge in [0, 0.05) is 37.7 Å². The molecule has 2 amide bonds. The normalized spacial score (nSPS) is 19.3. The highest BCUT2D eigenvalue weighted by Gasteiger charge is 2.34. The van der Waals surface area contributed by atoms with Crippen molar-refractivity contribution in [2.24, 2.45) is 5.73 Å². The van der Waals surface area contributed by atoms with Gasteiger partial charge in [0.25, 0.3) is 0 Å². The molecule has 0 bridgehead atoms. The first-order chi connectivity index (χ1) is 10.8. The maximum atomic E-state index is 12.5. The van der Waals surface area contributed by atoms with Crippen LogP contribution >= 0.6 is 0 Å². The van der Waals surface area contributed by atoms with Gasteiger partial charge in [0.15, 0.2) is 0 Å². The Hall–Kier alpha value is -1.89. The van der Waals surface area contributed by atoms with Gasteiger partial charge in [0.2, 0.25) is 11.8 Å². The summed E-state index contributed by atoms with van der Waals surface area (Å²) in [5, 5.41) is 3.90. The number of amides is 2. The quantitative estimate of drug-likeness (QED) is 0.858. The van der Waals surface area contributed by atoms with Gasteiger partial charge in [-0.3, -0.25) is 14.5 Å². The van der Waals surface area contributed by atoms with Crippen molar-refractivity contribution >= 4 is 11.8 Å². The zero-order chi connectivity index (χ0) is 17.1.